The fraction of sp³-hybridized carbons (Fsp3) is 0.200. The predicted octanol–water partition coefficient (Wildman–Crippen LogP) is 3.32. The second-order valence-corrected chi connectivity index (χ2v) is 4.36. The smallest absolute Gasteiger partial charge is 0.239 e. The van der Waals surface area contributed by atoms with Crippen molar-refractivity contribution in [1.29, 1.82) is 0 Å². The van der Waals surface area contributed by atoms with Crippen LogP contribution in [0, 0.1) is 11.9 Å². The Morgan fingerprint density at radius 1 is 1.10 bits per heavy atom. The Morgan fingerprint density at radius 3 is 2.55 bits per heavy atom. The van der Waals surface area contributed by atoms with Gasteiger partial charge >= 0.3 is 0 Å². The molecule has 0 aliphatic carbocycles. The van der Waals surface area contributed by atoms with E-state index in [1.165, 1.54) is 0 Å². The molecule has 0 unspecified atom stereocenters. The van der Waals surface area contributed by atoms with Crippen LogP contribution in [0.4, 0.5) is 14.5 Å². The SMILES string of the molecule is O=C(CCCc1ccccc1)Nc1ccc(F)nc1F. The molecule has 0 saturated heterocycles. The molecule has 2 aromatic rings. The highest BCUT2D eigenvalue weighted by atomic mass is 19.1. The molecule has 104 valence electrons. The molecule has 0 radical (unpaired) electrons. The molecule has 0 aliphatic heterocycles. The van der Waals surface area contributed by atoms with E-state index in [-0.39, 0.29) is 18.0 Å². The summed E-state index contributed by atoms with van der Waals surface area (Å²) in [5, 5.41) is 2.38. The van der Waals surface area contributed by atoms with Crippen molar-refractivity contribution in [3.63, 3.8) is 0 Å². The van der Waals surface area contributed by atoms with Crippen LogP contribution in [0.3, 0.4) is 0 Å². The van der Waals surface area contributed by atoms with E-state index in [2.05, 4.69) is 10.3 Å². The molecule has 0 saturated carbocycles. The summed E-state index contributed by atoms with van der Waals surface area (Å²) in [7, 11) is 0. The summed E-state index contributed by atoms with van der Waals surface area (Å²) in [5.74, 6) is -2.24. The van der Waals surface area contributed by atoms with E-state index in [0.717, 1.165) is 24.1 Å². The Labute approximate surface area is 115 Å². The molecule has 3 nitrogen and oxygen atoms in total. The van der Waals surface area contributed by atoms with E-state index in [4.69, 9.17) is 0 Å². The van der Waals surface area contributed by atoms with E-state index in [1.807, 2.05) is 30.3 Å². The summed E-state index contributed by atoms with van der Waals surface area (Å²) in [6.45, 7) is 0. The molecule has 1 N–H and O–H groups in total. The van der Waals surface area contributed by atoms with E-state index in [1.54, 1.807) is 0 Å². The van der Waals surface area contributed by atoms with E-state index < -0.39 is 11.9 Å². The molecule has 1 aromatic heterocycles. The van der Waals surface area contributed by atoms with E-state index in [0.29, 0.717) is 6.42 Å². The monoisotopic (exact) mass is 276 g/mol. The number of aromatic nitrogens is 1. The van der Waals surface area contributed by atoms with Crippen molar-refractivity contribution < 1.29 is 13.6 Å². The zero-order valence-electron chi connectivity index (χ0n) is 10.8. The Bertz CT molecular complexity index is 588. The summed E-state index contributed by atoms with van der Waals surface area (Å²) in [5.41, 5.74) is 1.05. The summed E-state index contributed by atoms with van der Waals surface area (Å²) in [4.78, 5) is 14.6. The lowest BCUT2D eigenvalue weighted by atomic mass is 10.1. The van der Waals surface area contributed by atoms with Crippen LogP contribution >= 0.6 is 0 Å². The number of pyridine rings is 1. The van der Waals surface area contributed by atoms with Crippen molar-refractivity contribution in [2.45, 2.75) is 19.3 Å². The van der Waals surface area contributed by atoms with Gasteiger partial charge in [0.1, 0.15) is 0 Å². The van der Waals surface area contributed by atoms with Gasteiger partial charge < -0.3 is 5.32 Å². The fourth-order valence-corrected chi connectivity index (χ4v) is 1.82. The predicted molar refractivity (Wildman–Crippen MR) is 72.2 cm³/mol. The van der Waals surface area contributed by atoms with Crippen molar-refractivity contribution in [3.05, 3.63) is 59.9 Å². The average molecular weight is 276 g/mol. The number of carbonyl (C=O) groups is 1. The lowest BCUT2D eigenvalue weighted by molar-refractivity contribution is -0.116. The molecule has 0 bridgehead atoms. The van der Waals surface area contributed by atoms with Gasteiger partial charge in [-0.05, 0) is 30.5 Å². The molecule has 0 spiro atoms. The van der Waals surface area contributed by atoms with Crippen molar-refractivity contribution in [3.8, 4) is 0 Å². The standard InChI is InChI=1S/C15H14F2N2O/c16-13-10-9-12(15(17)19-13)18-14(20)8-4-7-11-5-2-1-3-6-11/h1-3,5-6,9-10H,4,7-8H2,(H,18,20). The van der Waals surface area contributed by atoms with Gasteiger partial charge in [0.05, 0.1) is 5.69 Å². The maximum atomic E-state index is 13.2. The number of halogens is 2. The summed E-state index contributed by atoms with van der Waals surface area (Å²) >= 11 is 0. The Balaban J connectivity index is 1.81. The molecule has 0 fully saturated rings. The van der Waals surface area contributed by atoms with Crippen LogP contribution in [0.2, 0.25) is 0 Å². The van der Waals surface area contributed by atoms with E-state index in [9.17, 15) is 13.6 Å². The summed E-state index contributed by atoms with van der Waals surface area (Å²) < 4.78 is 25.8. The first-order valence-corrected chi connectivity index (χ1v) is 6.31. The lowest BCUT2D eigenvalue weighted by Crippen LogP contribution is -2.13. The van der Waals surface area contributed by atoms with Crippen LogP contribution in [0.15, 0.2) is 42.5 Å². The zero-order valence-corrected chi connectivity index (χ0v) is 10.8. The first-order chi connectivity index (χ1) is 9.65. The van der Waals surface area contributed by atoms with Crippen molar-refractivity contribution >= 4 is 11.6 Å². The number of benzene rings is 1. The van der Waals surface area contributed by atoms with Crippen molar-refractivity contribution in [2.75, 3.05) is 5.32 Å². The molecule has 2 rings (SSSR count). The van der Waals surface area contributed by atoms with Gasteiger partial charge in [-0.25, -0.2) is 0 Å². The van der Waals surface area contributed by atoms with E-state index >= 15 is 0 Å². The van der Waals surface area contributed by atoms with Gasteiger partial charge in [0.25, 0.3) is 0 Å². The minimum Gasteiger partial charge on any atom is -0.322 e. The van der Waals surface area contributed by atoms with Gasteiger partial charge in [-0.3, -0.25) is 4.79 Å². The topological polar surface area (TPSA) is 42.0 Å². The first kappa shape index (κ1) is 14.1. The van der Waals surface area contributed by atoms with Crippen molar-refractivity contribution in [1.82, 2.24) is 4.98 Å². The molecular formula is C15H14F2N2O. The third-order valence-corrected chi connectivity index (χ3v) is 2.80. The molecule has 5 heteroatoms. The number of aryl methyl sites for hydroxylation is 1. The van der Waals surface area contributed by atoms with Crippen LogP contribution in [-0.2, 0) is 11.2 Å². The molecule has 0 atom stereocenters. The number of amides is 1. The first-order valence-electron chi connectivity index (χ1n) is 6.31. The quantitative estimate of drug-likeness (QED) is 0.851. The molecular weight excluding hydrogens is 262 g/mol. The second kappa shape index (κ2) is 6.75. The van der Waals surface area contributed by atoms with Gasteiger partial charge in [0.2, 0.25) is 17.8 Å². The van der Waals surface area contributed by atoms with Gasteiger partial charge in [-0.2, -0.15) is 13.8 Å². The minimum absolute atomic E-state index is 0.101. The summed E-state index contributed by atoms with van der Waals surface area (Å²) in [6, 6.07) is 11.9. The number of hydrogen-bond donors (Lipinski definition) is 1. The number of rotatable bonds is 5. The Morgan fingerprint density at radius 2 is 1.85 bits per heavy atom. The third-order valence-electron chi connectivity index (χ3n) is 2.80. The summed E-state index contributed by atoms with van der Waals surface area (Å²) in [6.07, 6.45) is 1.70. The highest BCUT2D eigenvalue weighted by Crippen LogP contribution is 2.12. The second-order valence-electron chi connectivity index (χ2n) is 4.36. The van der Waals surface area contributed by atoms with Gasteiger partial charge in [-0.1, -0.05) is 30.3 Å². The highest BCUT2D eigenvalue weighted by molar-refractivity contribution is 5.90. The van der Waals surface area contributed by atoms with Crippen LogP contribution in [-0.4, -0.2) is 10.9 Å². The van der Waals surface area contributed by atoms with Crippen LogP contribution in [0.1, 0.15) is 18.4 Å². The van der Waals surface area contributed by atoms with Crippen LogP contribution in [0.5, 0.6) is 0 Å². The zero-order chi connectivity index (χ0) is 14.4. The third kappa shape index (κ3) is 4.12. The van der Waals surface area contributed by atoms with Crippen LogP contribution in [0.25, 0.3) is 0 Å². The van der Waals surface area contributed by atoms with Gasteiger partial charge in [0.15, 0.2) is 0 Å². The van der Waals surface area contributed by atoms with Gasteiger partial charge in [0, 0.05) is 6.42 Å². The Hall–Kier alpha value is -2.30. The number of anilines is 1. The molecule has 0 aliphatic rings. The number of hydrogen-bond acceptors (Lipinski definition) is 2. The lowest BCUT2D eigenvalue weighted by Gasteiger charge is -2.06. The van der Waals surface area contributed by atoms with Crippen LogP contribution < -0.4 is 5.32 Å². The van der Waals surface area contributed by atoms with Crippen molar-refractivity contribution in [2.24, 2.45) is 0 Å². The number of nitrogens with one attached hydrogen (secondary N) is 1. The Kier molecular flexibility index (Phi) is 4.76. The average Bonchev–Trinajstić information content (AvgIpc) is 2.43. The number of nitrogens with zero attached hydrogens (tertiary/aromatic N) is 1. The maximum Gasteiger partial charge on any atom is 0.239 e. The molecule has 1 heterocycles. The normalized spacial score (nSPS) is 10.3. The molecule has 20 heavy (non-hydrogen) atoms. The fourth-order valence-electron chi connectivity index (χ4n) is 1.82. The molecule has 1 aromatic carbocycles. The highest BCUT2D eigenvalue weighted by Gasteiger charge is 2.09. The minimum atomic E-state index is -1.01. The van der Waals surface area contributed by atoms with Gasteiger partial charge in [-0.15, -0.1) is 0 Å². The number of carbonyl (C=O) groups excluding carboxylic acids is 1. The molecule has 1 amide bonds. The largest absolute Gasteiger partial charge is 0.322 e. The maximum absolute atomic E-state index is 13.2.